The van der Waals surface area contributed by atoms with E-state index in [1.54, 1.807) is 20.8 Å². The topological polar surface area (TPSA) is 72.9 Å². The summed E-state index contributed by atoms with van der Waals surface area (Å²) in [7, 11) is 0. The maximum atomic E-state index is 12.5. The second kappa shape index (κ2) is 8.16. The zero-order chi connectivity index (χ0) is 18.6. The van der Waals surface area contributed by atoms with E-state index in [0.29, 0.717) is 0 Å². The predicted octanol–water partition coefficient (Wildman–Crippen LogP) is 3.32. The molecule has 1 aromatic rings. The predicted molar refractivity (Wildman–Crippen MR) is 100 cm³/mol. The number of hydrogen-bond acceptors (Lipinski definition) is 5. The first-order chi connectivity index (χ1) is 11.7. The summed E-state index contributed by atoms with van der Waals surface area (Å²) in [4.78, 5) is 37.6. The number of aldehydes is 1. The van der Waals surface area contributed by atoms with Crippen LogP contribution in [0.5, 0.6) is 0 Å². The summed E-state index contributed by atoms with van der Waals surface area (Å²) in [6.07, 6.45) is 0.404. The summed E-state index contributed by atoms with van der Waals surface area (Å²) >= 11 is 2.00. The molecule has 0 aliphatic carbocycles. The average Bonchev–Trinajstić information content (AvgIpc) is 2.88. The summed E-state index contributed by atoms with van der Waals surface area (Å²) in [5, 5.41) is 0. The molecule has 2 rings (SSSR count). The molecule has 1 aromatic carbocycles. The van der Waals surface area contributed by atoms with Gasteiger partial charge in [0.25, 0.3) is 0 Å². The van der Waals surface area contributed by atoms with Gasteiger partial charge < -0.3 is 14.3 Å². The molecule has 0 aromatic heterocycles. The lowest BCUT2D eigenvalue weighted by Gasteiger charge is -2.29. The molecule has 0 spiro atoms. The number of nitrogens with zero attached hydrogens (tertiary/aromatic N) is 1. The van der Waals surface area contributed by atoms with Crippen LogP contribution in [0.4, 0.5) is 4.79 Å². The average molecular weight is 459 g/mol. The minimum absolute atomic E-state index is 0.121. The van der Waals surface area contributed by atoms with Gasteiger partial charge in [-0.3, -0.25) is 4.90 Å². The van der Waals surface area contributed by atoms with E-state index in [1.165, 1.54) is 4.90 Å². The lowest BCUT2D eigenvalue weighted by Crippen LogP contribution is -2.46. The fourth-order valence-electron chi connectivity index (χ4n) is 2.56. The van der Waals surface area contributed by atoms with E-state index in [4.69, 9.17) is 9.47 Å². The summed E-state index contributed by atoms with van der Waals surface area (Å²) < 4.78 is 10.3. The number of amides is 1. The Kier molecular flexibility index (Phi) is 6.42. The highest BCUT2D eigenvalue weighted by Crippen LogP contribution is 2.35. The fraction of sp³-hybridized carbons (Fsp3) is 0.500. The van der Waals surface area contributed by atoms with Crippen LogP contribution >= 0.6 is 22.6 Å². The summed E-state index contributed by atoms with van der Waals surface area (Å²) in [6.45, 7) is 5.38. The number of esters is 1. The zero-order valence-electron chi connectivity index (χ0n) is 14.5. The van der Waals surface area contributed by atoms with Crippen LogP contribution in [0.3, 0.4) is 0 Å². The quantitative estimate of drug-likeness (QED) is 0.227. The van der Waals surface area contributed by atoms with Gasteiger partial charge in [-0.05, 0) is 32.8 Å². The number of halogens is 1. The molecule has 1 heterocycles. The molecule has 1 fully saturated rings. The molecule has 1 aliphatic rings. The van der Waals surface area contributed by atoms with Gasteiger partial charge in [0.15, 0.2) is 0 Å². The Morgan fingerprint density at radius 1 is 1.28 bits per heavy atom. The van der Waals surface area contributed by atoms with Gasteiger partial charge in [-0.25, -0.2) is 9.59 Å². The lowest BCUT2D eigenvalue weighted by molar-refractivity contribution is -0.150. The summed E-state index contributed by atoms with van der Waals surface area (Å²) in [5.74, 6) is -0.955. The molecule has 0 saturated carbocycles. The number of carbonyl (C=O) groups is 3. The van der Waals surface area contributed by atoms with Crippen molar-refractivity contribution in [2.24, 2.45) is 5.92 Å². The van der Waals surface area contributed by atoms with E-state index in [-0.39, 0.29) is 13.0 Å². The molecule has 6 nitrogen and oxygen atoms in total. The van der Waals surface area contributed by atoms with Crippen molar-refractivity contribution in [3.63, 3.8) is 0 Å². The molecular formula is C18H22INO5. The van der Waals surface area contributed by atoms with Crippen LogP contribution in [0, 0.1) is 5.92 Å². The summed E-state index contributed by atoms with van der Waals surface area (Å²) in [6, 6.07) is 8.47. The maximum absolute atomic E-state index is 12.5. The van der Waals surface area contributed by atoms with Crippen molar-refractivity contribution in [3.8, 4) is 0 Å². The number of alkyl halides is 1. The molecule has 25 heavy (non-hydrogen) atoms. The van der Waals surface area contributed by atoms with Crippen molar-refractivity contribution in [3.05, 3.63) is 35.9 Å². The van der Waals surface area contributed by atoms with Gasteiger partial charge in [0, 0.05) is 5.92 Å². The number of benzene rings is 1. The van der Waals surface area contributed by atoms with E-state index in [0.717, 1.165) is 11.8 Å². The first-order valence-electron chi connectivity index (χ1n) is 8.04. The van der Waals surface area contributed by atoms with Gasteiger partial charge in [-0.1, -0.05) is 52.9 Å². The summed E-state index contributed by atoms with van der Waals surface area (Å²) in [5.41, 5.74) is 0.168. The SMILES string of the molecule is CC(C)(C)OC(=O)N1[C@H](I)[C@@H](C=O)C[C@H]1C(=O)OCc1ccccc1. The molecule has 0 unspecified atom stereocenters. The standard InChI is InChI=1S/C18H22INO5/c1-18(2,3)25-17(23)20-14(9-13(10-21)15(20)19)16(22)24-11-12-7-5-4-6-8-12/h4-8,10,13-15H,9,11H2,1-3H3/t13-,14+,15+/m1/s1. The number of ether oxygens (including phenoxy) is 2. The maximum Gasteiger partial charge on any atom is 0.411 e. The molecule has 0 N–H and O–H groups in total. The van der Waals surface area contributed by atoms with Gasteiger partial charge in [0.2, 0.25) is 0 Å². The third kappa shape index (κ3) is 5.17. The van der Waals surface area contributed by atoms with Crippen molar-refractivity contribution in [1.82, 2.24) is 4.90 Å². The Balaban J connectivity index is 2.10. The minimum atomic E-state index is -0.823. The second-order valence-electron chi connectivity index (χ2n) is 6.91. The van der Waals surface area contributed by atoms with Crippen LogP contribution in [-0.4, -0.2) is 38.9 Å². The van der Waals surface area contributed by atoms with Crippen LogP contribution in [-0.2, 0) is 25.7 Å². The Morgan fingerprint density at radius 2 is 1.92 bits per heavy atom. The van der Waals surface area contributed by atoms with Gasteiger partial charge in [-0.15, -0.1) is 0 Å². The van der Waals surface area contributed by atoms with Gasteiger partial charge in [0.05, 0.1) is 4.05 Å². The third-order valence-electron chi connectivity index (χ3n) is 3.73. The third-order valence-corrected chi connectivity index (χ3v) is 5.25. The largest absolute Gasteiger partial charge is 0.459 e. The van der Waals surface area contributed by atoms with E-state index >= 15 is 0 Å². The van der Waals surface area contributed by atoms with Crippen molar-refractivity contribution < 1.29 is 23.9 Å². The lowest BCUT2D eigenvalue weighted by atomic mass is 10.1. The first-order valence-corrected chi connectivity index (χ1v) is 9.28. The van der Waals surface area contributed by atoms with Crippen LogP contribution in [0.1, 0.15) is 32.8 Å². The number of rotatable bonds is 4. The van der Waals surface area contributed by atoms with Crippen molar-refractivity contribution >= 4 is 40.9 Å². The molecule has 1 amide bonds. The number of carbonyl (C=O) groups excluding carboxylic acids is 3. The Bertz CT molecular complexity index is 628. The monoisotopic (exact) mass is 459 g/mol. The van der Waals surface area contributed by atoms with Crippen molar-refractivity contribution in [2.45, 2.75) is 49.5 Å². The Hall–Kier alpha value is -1.64. The van der Waals surface area contributed by atoms with Gasteiger partial charge in [-0.2, -0.15) is 0 Å². The van der Waals surface area contributed by atoms with Crippen molar-refractivity contribution in [1.29, 1.82) is 0 Å². The molecule has 0 radical (unpaired) electrons. The Morgan fingerprint density at radius 3 is 2.48 bits per heavy atom. The van der Waals surface area contributed by atoms with Crippen LogP contribution in [0.2, 0.25) is 0 Å². The fourth-order valence-corrected chi connectivity index (χ4v) is 3.64. The van der Waals surface area contributed by atoms with Crippen LogP contribution in [0.15, 0.2) is 30.3 Å². The molecule has 3 atom stereocenters. The number of hydrogen-bond donors (Lipinski definition) is 0. The highest BCUT2D eigenvalue weighted by molar-refractivity contribution is 14.1. The van der Waals surface area contributed by atoms with Crippen molar-refractivity contribution in [2.75, 3.05) is 0 Å². The molecule has 1 aliphatic heterocycles. The molecule has 136 valence electrons. The molecule has 0 bridgehead atoms. The van der Waals surface area contributed by atoms with E-state index in [1.807, 2.05) is 52.9 Å². The first kappa shape index (κ1) is 19.7. The van der Waals surface area contributed by atoms with E-state index in [2.05, 4.69) is 0 Å². The molecule has 1 saturated heterocycles. The molecule has 7 heteroatoms. The smallest absolute Gasteiger partial charge is 0.411 e. The van der Waals surface area contributed by atoms with E-state index < -0.39 is 33.7 Å². The van der Waals surface area contributed by atoms with Gasteiger partial charge >= 0.3 is 12.1 Å². The Labute approximate surface area is 161 Å². The normalized spacial score (nSPS) is 23.2. The highest BCUT2D eigenvalue weighted by Gasteiger charge is 2.48. The second-order valence-corrected chi connectivity index (χ2v) is 8.18. The van der Waals surface area contributed by atoms with Gasteiger partial charge in [0.1, 0.15) is 24.5 Å². The van der Waals surface area contributed by atoms with Crippen LogP contribution < -0.4 is 0 Å². The van der Waals surface area contributed by atoms with Crippen LogP contribution in [0.25, 0.3) is 0 Å². The van der Waals surface area contributed by atoms with E-state index in [9.17, 15) is 14.4 Å². The zero-order valence-corrected chi connectivity index (χ0v) is 16.6. The molecular weight excluding hydrogens is 437 g/mol. The highest BCUT2D eigenvalue weighted by atomic mass is 127. The minimum Gasteiger partial charge on any atom is -0.459 e. The number of likely N-dealkylation sites (tertiary alicyclic amines) is 1.